The van der Waals surface area contributed by atoms with E-state index in [1.807, 2.05) is 6.92 Å². The molecule has 0 aromatic carbocycles. The predicted octanol–water partition coefficient (Wildman–Crippen LogP) is 0.000900. The van der Waals surface area contributed by atoms with Gasteiger partial charge in [-0.15, -0.1) is 0 Å². The van der Waals surface area contributed by atoms with Gasteiger partial charge in [0.15, 0.2) is 0 Å². The Morgan fingerprint density at radius 1 is 1.54 bits per heavy atom. The molecule has 0 radical (unpaired) electrons. The molecule has 0 rings (SSSR count). The first kappa shape index (κ1) is 12.4. The molecule has 1 amide bonds. The van der Waals surface area contributed by atoms with Crippen molar-refractivity contribution in [2.75, 3.05) is 6.54 Å². The summed E-state index contributed by atoms with van der Waals surface area (Å²) in [6.07, 6.45) is 1.69. The van der Waals surface area contributed by atoms with Crippen molar-refractivity contribution in [2.45, 2.75) is 45.3 Å². The van der Waals surface area contributed by atoms with E-state index < -0.39 is 6.10 Å². The lowest BCUT2D eigenvalue weighted by Gasteiger charge is -2.07. The van der Waals surface area contributed by atoms with E-state index in [9.17, 15) is 4.79 Å². The molecule has 0 aromatic rings. The molecule has 0 aliphatic carbocycles. The van der Waals surface area contributed by atoms with Crippen LogP contribution in [0, 0.1) is 0 Å². The van der Waals surface area contributed by atoms with Crippen molar-refractivity contribution in [2.24, 2.45) is 5.73 Å². The zero-order chi connectivity index (χ0) is 10.3. The van der Waals surface area contributed by atoms with Crippen molar-refractivity contribution in [3.8, 4) is 0 Å². The van der Waals surface area contributed by atoms with Crippen molar-refractivity contribution in [1.29, 1.82) is 0 Å². The third-order valence-corrected chi connectivity index (χ3v) is 1.66. The molecule has 0 aromatic heterocycles. The average Bonchev–Trinajstić information content (AvgIpc) is 2.00. The van der Waals surface area contributed by atoms with Gasteiger partial charge in [0.25, 0.3) is 0 Å². The molecule has 0 saturated heterocycles. The van der Waals surface area contributed by atoms with Crippen LogP contribution in [0.5, 0.6) is 0 Å². The standard InChI is InChI=1S/C9H20N2O2/c1-7(10)4-3-5-9(13)11-6-8(2)12/h7-8,12H,3-6,10H2,1-2H3,(H,11,13)/t7?,8-/m1/s1. The lowest BCUT2D eigenvalue weighted by Crippen LogP contribution is -2.30. The van der Waals surface area contributed by atoms with Crippen molar-refractivity contribution < 1.29 is 9.90 Å². The van der Waals surface area contributed by atoms with Crippen LogP contribution >= 0.6 is 0 Å². The van der Waals surface area contributed by atoms with Gasteiger partial charge in [0.2, 0.25) is 5.91 Å². The van der Waals surface area contributed by atoms with E-state index in [-0.39, 0.29) is 11.9 Å². The molecule has 1 unspecified atom stereocenters. The van der Waals surface area contributed by atoms with Gasteiger partial charge < -0.3 is 16.2 Å². The van der Waals surface area contributed by atoms with E-state index in [4.69, 9.17) is 10.8 Å². The van der Waals surface area contributed by atoms with E-state index >= 15 is 0 Å². The first-order valence-corrected chi connectivity index (χ1v) is 4.72. The number of aliphatic hydroxyl groups is 1. The fraction of sp³-hybridized carbons (Fsp3) is 0.889. The lowest BCUT2D eigenvalue weighted by molar-refractivity contribution is -0.121. The number of carbonyl (C=O) groups is 1. The first-order valence-electron chi connectivity index (χ1n) is 4.72. The molecule has 0 fully saturated rings. The highest BCUT2D eigenvalue weighted by molar-refractivity contribution is 5.75. The molecule has 0 spiro atoms. The Labute approximate surface area is 79.5 Å². The molecule has 0 heterocycles. The van der Waals surface area contributed by atoms with Gasteiger partial charge in [-0.3, -0.25) is 4.79 Å². The Morgan fingerprint density at radius 2 is 2.15 bits per heavy atom. The molecule has 2 atom stereocenters. The summed E-state index contributed by atoms with van der Waals surface area (Å²) in [4.78, 5) is 11.1. The van der Waals surface area contributed by atoms with E-state index in [1.165, 1.54) is 0 Å². The molecular formula is C9H20N2O2. The summed E-state index contributed by atoms with van der Waals surface area (Å²) in [6.45, 7) is 3.90. The van der Waals surface area contributed by atoms with Gasteiger partial charge in [-0.25, -0.2) is 0 Å². The van der Waals surface area contributed by atoms with Gasteiger partial charge in [-0.1, -0.05) is 0 Å². The second-order valence-electron chi connectivity index (χ2n) is 3.52. The third kappa shape index (κ3) is 9.30. The normalized spacial score (nSPS) is 15.1. The molecule has 4 nitrogen and oxygen atoms in total. The number of hydrogen-bond donors (Lipinski definition) is 3. The Bertz CT molecular complexity index is 147. The molecule has 13 heavy (non-hydrogen) atoms. The van der Waals surface area contributed by atoms with Crippen molar-refractivity contribution in [3.05, 3.63) is 0 Å². The van der Waals surface area contributed by atoms with Crippen LogP contribution in [0.2, 0.25) is 0 Å². The number of aliphatic hydroxyl groups excluding tert-OH is 1. The summed E-state index contributed by atoms with van der Waals surface area (Å²) in [6, 6.07) is 0.157. The number of nitrogens with one attached hydrogen (secondary N) is 1. The van der Waals surface area contributed by atoms with Crippen LogP contribution in [0.1, 0.15) is 33.1 Å². The van der Waals surface area contributed by atoms with Crippen LogP contribution in [0.15, 0.2) is 0 Å². The average molecular weight is 188 g/mol. The van der Waals surface area contributed by atoms with Gasteiger partial charge in [-0.2, -0.15) is 0 Å². The molecule has 0 aliphatic rings. The van der Waals surface area contributed by atoms with Crippen LogP contribution in [-0.4, -0.2) is 29.7 Å². The summed E-state index contributed by atoms with van der Waals surface area (Å²) < 4.78 is 0. The molecule has 4 N–H and O–H groups in total. The van der Waals surface area contributed by atoms with E-state index in [0.717, 1.165) is 12.8 Å². The maximum Gasteiger partial charge on any atom is 0.220 e. The smallest absolute Gasteiger partial charge is 0.220 e. The molecule has 78 valence electrons. The largest absolute Gasteiger partial charge is 0.392 e. The maximum atomic E-state index is 11.1. The Hall–Kier alpha value is -0.610. The Kier molecular flexibility index (Phi) is 6.54. The molecule has 4 heteroatoms. The molecular weight excluding hydrogens is 168 g/mol. The minimum Gasteiger partial charge on any atom is -0.392 e. The van der Waals surface area contributed by atoms with E-state index in [2.05, 4.69) is 5.32 Å². The molecule has 0 aliphatic heterocycles. The van der Waals surface area contributed by atoms with Crippen LogP contribution in [0.3, 0.4) is 0 Å². The highest BCUT2D eigenvalue weighted by Crippen LogP contribution is 1.97. The zero-order valence-corrected chi connectivity index (χ0v) is 8.42. The number of amides is 1. The van der Waals surface area contributed by atoms with Gasteiger partial charge in [0.1, 0.15) is 0 Å². The maximum absolute atomic E-state index is 11.1. The van der Waals surface area contributed by atoms with E-state index in [0.29, 0.717) is 13.0 Å². The summed E-state index contributed by atoms with van der Waals surface area (Å²) in [5, 5.41) is 11.5. The number of carbonyl (C=O) groups excluding carboxylic acids is 1. The number of nitrogens with two attached hydrogens (primary N) is 1. The first-order chi connectivity index (χ1) is 6.02. The Morgan fingerprint density at radius 3 is 2.62 bits per heavy atom. The fourth-order valence-corrected chi connectivity index (χ4v) is 0.935. The van der Waals surface area contributed by atoms with E-state index in [1.54, 1.807) is 6.92 Å². The van der Waals surface area contributed by atoms with Crippen molar-refractivity contribution >= 4 is 5.91 Å². The van der Waals surface area contributed by atoms with Gasteiger partial charge in [0, 0.05) is 19.0 Å². The quantitative estimate of drug-likeness (QED) is 0.549. The van der Waals surface area contributed by atoms with Crippen LogP contribution in [0.4, 0.5) is 0 Å². The Balaban J connectivity index is 3.30. The van der Waals surface area contributed by atoms with Crippen LogP contribution < -0.4 is 11.1 Å². The highest BCUT2D eigenvalue weighted by Gasteiger charge is 2.03. The number of hydrogen-bond acceptors (Lipinski definition) is 3. The highest BCUT2D eigenvalue weighted by atomic mass is 16.3. The third-order valence-electron chi connectivity index (χ3n) is 1.66. The lowest BCUT2D eigenvalue weighted by atomic mass is 10.1. The predicted molar refractivity (Wildman–Crippen MR) is 52.2 cm³/mol. The summed E-state index contributed by atoms with van der Waals surface area (Å²) in [7, 11) is 0. The SMILES string of the molecule is CC(N)CCCC(=O)NC[C@@H](C)O. The monoisotopic (exact) mass is 188 g/mol. The summed E-state index contributed by atoms with van der Waals surface area (Å²) >= 11 is 0. The van der Waals surface area contributed by atoms with Gasteiger partial charge >= 0.3 is 0 Å². The molecule has 0 bridgehead atoms. The second kappa shape index (κ2) is 6.86. The van der Waals surface area contributed by atoms with Crippen LogP contribution in [-0.2, 0) is 4.79 Å². The topological polar surface area (TPSA) is 75.4 Å². The zero-order valence-electron chi connectivity index (χ0n) is 8.42. The van der Waals surface area contributed by atoms with Gasteiger partial charge in [0.05, 0.1) is 6.10 Å². The minimum absolute atomic E-state index is 0.0125. The van der Waals surface area contributed by atoms with Gasteiger partial charge in [-0.05, 0) is 26.7 Å². The molecule has 0 saturated carbocycles. The summed E-state index contributed by atoms with van der Waals surface area (Å²) in [5.41, 5.74) is 5.53. The second-order valence-corrected chi connectivity index (χ2v) is 3.52. The minimum atomic E-state index is -0.475. The van der Waals surface area contributed by atoms with Crippen molar-refractivity contribution in [3.63, 3.8) is 0 Å². The summed E-state index contributed by atoms with van der Waals surface area (Å²) in [5.74, 6) is -0.0125. The number of rotatable bonds is 6. The van der Waals surface area contributed by atoms with Crippen LogP contribution in [0.25, 0.3) is 0 Å². The van der Waals surface area contributed by atoms with Crippen molar-refractivity contribution in [1.82, 2.24) is 5.32 Å². The fourth-order valence-electron chi connectivity index (χ4n) is 0.935.